The van der Waals surface area contributed by atoms with Crippen LogP contribution in [0.15, 0.2) is 29.3 Å². The van der Waals surface area contributed by atoms with E-state index in [-0.39, 0.29) is 48.0 Å². The van der Waals surface area contributed by atoms with E-state index in [1.54, 1.807) is 14.2 Å². The monoisotopic (exact) mass is 504 g/mol. The Morgan fingerprint density at radius 2 is 2.07 bits per heavy atom. The number of nitrogens with zero attached hydrogens (tertiary/aromatic N) is 3. The molecule has 1 fully saturated rings. The topological polar surface area (TPSA) is 77.4 Å². The number of rotatable bonds is 5. The van der Waals surface area contributed by atoms with Gasteiger partial charge in [0.1, 0.15) is 5.75 Å². The number of guanidine groups is 1. The molecule has 2 rings (SSSR count). The van der Waals surface area contributed by atoms with Crippen LogP contribution in [-0.2, 0) is 4.79 Å². The van der Waals surface area contributed by atoms with Crippen LogP contribution in [0.25, 0.3) is 0 Å². The van der Waals surface area contributed by atoms with Gasteiger partial charge in [0.2, 0.25) is 5.91 Å². The molecule has 2 N–H and O–H groups in total. The predicted molar refractivity (Wildman–Crippen MR) is 122 cm³/mol. The van der Waals surface area contributed by atoms with E-state index in [0.29, 0.717) is 24.8 Å². The van der Waals surface area contributed by atoms with E-state index in [1.807, 2.05) is 47.9 Å². The van der Waals surface area contributed by atoms with Crippen LogP contribution in [0.5, 0.6) is 5.75 Å². The SMILES string of the molecule is CN=C(NCC(O)c1cccc(OC)c1)N1CC(=O)N(C(C)C)C(C)(C)C1.I. The minimum atomic E-state index is -0.711. The summed E-state index contributed by atoms with van der Waals surface area (Å²) < 4.78 is 5.21. The molecular weight excluding hydrogens is 471 g/mol. The summed E-state index contributed by atoms with van der Waals surface area (Å²) in [6.07, 6.45) is -0.711. The Kier molecular flexibility index (Phi) is 9.00. The fourth-order valence-corrected chi connectivity index (χ4v) is 3.80. The van der Waals surface area contributed by atoms with Crippen molar-refractivity contribution in [1.29, 1.82) is 0 Å². The average molecular weight is 504 g/mol. The highest BCUT2D eigenvalue weighted by molar-refractivity contribution is 14.0. The number of piperazine rings is 1. The number of halogens is 1. The molecule has 0 aromatic heterocycles. The molecule has 0 saturated carbocycles. The van der Waals surface area contributed by atoms with Gasteiger partial charge in [0.05, 0.1) is 25.3 Å². The normalized spacial score (nSPS) is 18.0. The maximum absolute atomic E-state index is 12.7. The number of aliphatic hydroxyl groups is 1. The van der Waals surface area contributed by atoms with Crippen LogP contribution in [0, 0.1) is 0 Å². The van der Waals surface area contributed by atoms with E-state index >= 15 is 0 Å². The minimum absolute atomic E-state index is 0. The summed E-state index contributed by atoms with van der Waals surface area (Å²) >= 11 is 0. The van der Waals surface area contributed by atoms with Crippen LogP contribution < -0.4 is 10.1 Å². The molecule has 1 amide bonds. The van der Waals surface area contributed by atoms with Gasteiger partial charge in [-0.3, -0.25) is 9.79 Å². The molecule has 1 heterocycles. The minimum Gasteiger partial charge on any atom is -0.497 e. The molecule has 1 unspecified atom stereocenters. The first-order valence-electron chi connectivity index (χ1n) is 9.29. The smallest absolute Gasteiger partial charge is 0.242 e. The number of aliphatic hydroxyl groups excluding tert-OH is 1. The Hall–Kier alpha value is -1.55. The number of amides is 1. The molecular formula is C20H33IN4O3. The third kappa shape index (κ3) is 5.73. The number of hydrogen-bond acceptors (Lipinski definition) is 4. The Balaban J connectivity index is 0.00000392. The van der Waals surface area contributed by atoms with Crippen LogP contribution in [0.1, 0.15) is 39.4 Å². The van der Waals surface area contributed by atoms with Crippen LogP contribution in [0.4, 0.5) is 0 Å². The van der Waals surface area contributed by atoms with Gasteiger partial charge in [-0.2, -0.15) is 0 Å². The number of carbonyl (C=O) groups excluding carboxylic acids is 1. The van der Waals surface area contributed by atoms with Crippen molar-refractivity contribution in [2.45, 2.75) is 45.4 Å². The highest BCUT2D eigenvalue weighted by atomic mass is 127. The zero-order chi connectivity index (χ0) is 20.2. The van der Waals surface area contributed by atoms with Crippen LogP contribution in [0.2, 0.25) is 0 Å². The molecule has 1 aliphatic heterocycles. The molecule has 1 saturated heterocycles. The van der Waals surface area contributed by atoms with E-state index in [2.05, 4.69) is 24.2 Å². The summed E-state index contributed by atoms with van der Waals surface area (Å²) in [7, 11) is 3.29. The van der Waals surface area contributed by atoms with Gasteiger partial charge in [0.15, 0.2) is 5.96 Å². The van der Waals surface area contributed by atoms with Gasteiger partial charge in [-0.1, -0.05) is 12.1 Å². The molecule has 0 aliphatic carbocycles. The maximum Gasteiger partial charge on any atom is 0.242 e. The molecule has 7 nitrogen and oxygen atoms in total. The maximum atomic E-state index is 12.7. The van der Waals surface area contributed by atoms with Crippen LogP contribution in [-0.4, -0.2) is 72.1 Å². The van der Waals surface area contributed by atoms with E-state index in [0.717, 1.165) is 5.56 Å². The first-order chi connectivity index (χ1) is 12.7. The number of aliphatic imine (C=N–C) groups is 1. The van der Waals surface area contributed by atoms with Gasteiger partial charge in [-0.25, -0.2) is 0 Å². The summed E-state index contributed by atoms with van der Waals surface area (Å²) in [6, 6.07) is 7.50. The lowest BCUT2D eigenvalue weighted by Gasteiger charge is -2.49. The highest BCUT2D eigenvalue weighted by Crippen LogP contribution is 2.24. The predicted octanol–water partition coefficient (Wildman–Crippen LogP) is 2.25. The highest BCUT2D eigenvalue weighted by Gasteiger charge is 2.40. The van der Waals surface area contributed by atoms with Crippen molar-refractivity contribution in [3.05, 3.63) is 29.8 Å². The lowest BCUT2D eigenvalue weighted by Crippen LogP contribution is -2.66. The molecule has 1 aromatic rings. The number of ether oxygens (including phenoxy) is 1. The first kappa shape index (κ1) is 24.5. The second kappa shape index (κ2) is 10.3. The molecule has 0 bridgehead atoms. The van der Waals surface area contributed by atoms with Crippen LogP contribution in [0.3, 0.4) is 0 Å². The van der Waals surface area contributed by atoms with Crippen molar-refractivity contribution in [3.8, 4) is 5.75 Å². The van der Waals surface area contributed by atoms with Gasteiger partial charge < -0.3 is 25.0 Å². The second-order valence-electron chi connectivity index (χ2n) is 7.75. The summed E-state index contributed by atoms with van der Waals surface area (Å²) in [6.45, 7) is 9.44. The van der Waals surface area contributed by atoms with Crippen molar-refractivity contribution < 1.29 is 14.6 Å². The average Bonchev–Trinajstić information content (AvgIpc) is 2.60. The van der Waals surface area contributed by atoms with Crippen molar-refractivity contribution in [2.75, 3.05) is 33.8 Å². The van der Waals surface area contributed by atoms with Gasteiger partial charge in [0.25, 0.3) is 0 Å². The lowest BCUT2D eigenvalue weighted by molar-refractivity contribution is -0.145. The first-order valence-corrected chi connectivity index (χ1v) is 9.29. The molecule has 0 radical (unpaired) electrons. The Morgan fingerprint density at radius 3 is 2.61 bits per heavy atom. The van der Waals surface area contributed by atoms with E-state index < -0.39 is 6.10 Å². The summed E-state index contributed by atoms with van der Waals surface area (Å²) in [5.41, 5.74) is 0.463. The Bertz CT molecular complexity index is 694. The molecule has 1 atom stereocenters. The van der Waals surface area contributed by atoms with Crippen molar-refractivity contribution in [2.24, 2.45) is 4.99 Å². The zero-order valence-corrected chi connectivity index (χ0v) is 19.9. The quantitative estimate of drug-likeness (QED) is 0.366. The zero-order valence-electron chi connectivity index (χ0n) is 17.6. The van der Waals surface area contributed by atoms with Gasteiger partial charge >= 0.3 is 0 Å². The molecule has 1 aliphatic rings. The number of hydrogen-bond donors (Lipinski definition) is 2. The Morgan fingerprint density at radius 1 is 1.39 bits per heavy atom. The van der Waals surface area contributed by atoms with Gasteiger partial charge in [-0.05, 0) is 45.4 Å². The third-order valence-corrected chi connectivity index (χ3v) is 4.78. The molecule has 1 aromatic carbocycles. The van der Waals surface area contributed by atoms with Crippen molar-refractivity contribution in [3.63, 3.8) is 0 Å². The largest absolute Gasteiger partial charge is 0.497 e. The van der Waals surface area contributed by atoms with Crippen molar-refractivity contribution in [1.82, 2.24) is 15.1 Å². The Labute approximate surface area is 185 Å². The van der Waals surface area contributed by atoms with E-state index in [1.165, 1.54) is 0 Å². The molecule has 0 spiro atoms. The summed E-state index contributed by atoms with van der Waals surface area (Å²) in [5.74, 6) is 1.40. The molecule has 8 heteroatoms. The lowest BCUT2D eigenvalue weighted by atomic mass is 9.96. The number of benzene rings is 1. The molecule has 28 heavy (non-hydrogen) atoms. The second-order valence-corrected chi connectivity index (χ2v) is 7.75. The van der Waals surface area contributed by atoms with Gasteiger partial charge in [0, 0.05) is 26.2 Å². The van der Waals surface area contributed by atoms with Gasteiger partial charge in [-0.15, -0.1) is 24.0 Å². The number of nitrogens with one attached hydrogen (secondary N) is 1. The summed E-state index contributed by atoms with van der Waals surface area (Å²) in [5, 5.41) is 13.7. The van der Waals surface area contributed by atoms with Crippen molar-refractivity contribution >= 4 is 35.8 Å². The third-order valence-electron chi connectivity index (χ3n) is 4.78. The standard InChI is InChI=1S/C20H32N4O3.HI/c1-14(2)24-18(26)12-23(13-20(24,3)4)19(21-5)22-11-17(25)15-8-7-9-16(10-15)27-6;/h7-10,14,17,25H,11-13H2,1-6H3,(H,21,22);1H. The molecule has 158 valence electrons. The van der Waals surface area contributed by atoms with E-state index in [4.69, 9.17) is 4.74 Å². The fourth-order valence-electron chi connectivity index (χ4n) is 3.80. The summed E-state index contributed by atoms with van der Waals surface area (Å²) in [4.78, 5) is 20.8. The van der Waals surface area contributed by atoms with E-state index in [9.17, 15) is 9.90 Å². The van der Waals surface area contributed by atoms with Crippen LogP contribution >= 0.6 is 24.0 Å². The fraction of sp³-hybridized carbons (Fsp3) is 0.600. The number of carbonyl (C=O) groups is 1. The number of methoxy groups -OCH3 is 1.